The Morgan fingerprint density at radius 1 is 1.33 bits per heavy atom. The number of aryl methyl sites for hydroxylation is 2. The van der Waals surface area contributed by atoms with Crippen molar-refractivity contribution in [3.8, 4) is 0 Å². The summed E-state index contributed by atoms with van der Waals surface area (Å²) in [4.78, 5) is 2.47. The first kappa shape index (κ1) is 13.6. The molecule has 1 aliphatic rings. The molecule has 0 radical (unpaired) electrons. The van der Waals surface area contributed by atoms with Gasteiger partial charge in [0.25, 0.3) is 0 Å². The van der Waals surface area contributed by atoms with E-state index in [4.69, 9.17) is 5.73 Å². The van der Waals surface area contributed by atoms with Crippen molar-refractivity contribution in [3.05, 3.63) is 34.9 Å². The van der Waals surface area contributed by atoms with Gasteiger partial charge in [-0.05, 0) is 57.7 Å². The van der Waals surface area contributed by atoms with E-state index in [0.717, 1.165) is 12.5 Å². The SMILES string of the molecule is Cc1ccc(C(C)N(C)C(CN)C2CC2)c(C)c1. The zero-order valence-electron chi connectivity index (χ0n) is 12.1. The lowest BCUT2D eigenvalue weighted by atomic mass is 9.97. The molecule has 0 amide bonds. The van der Waals surface area contributed by atoms with E-state index >= 15 is 0 Å². The molecule has 2 rings (SSSR count). The van der Waals surface area contributed by atoms with Crippen LogP contribution in [0.3, 0.4) is 0 Å². The molecular weight excluding hydrogens is 220 g/mol. The summed E-state index contributed by atoms with van der Waals surface area (Å²) in [5.41, 5.74) is 10.1. The van der Waals surface area contributed by atoms with Crippen LogP contribution in [0.25, 0.3) is 0 Å². The van der Waals surface area contributed by atoms with Gasteiger partial charge in [-0.2, -0.15) is 0 Å². The van der Waals surface area contributed by atoms with Crippen LogP contribution < -0.4 is 5.73 Å². The second-order valence-electron chi connectivity index (χ2n) is 5.84. The van der Waals surface area contributed by atoms with Crippen molar-refractivity contribution in [2.75, 3.05) is 13.6 Å². The highest BCUT2D eigenvalue weighted by Gasteiger charge is 2.34. The Morgan fingerprint density at radius 2 is 2.00 bits per heavy atom. The van der Waals surface area contributed by atoms with Gasteiger partial charge in [-0.1, -0.05) is 23.8 Å². The molecule has 2 heteroatoms. The first-order chi connectivity index (χ1) is 8.54. The highest BCUT2D eigenvalue weighted by atomic mass is 15.2. The van der Waals surface area contributed by atoms with Crippen LogP contribution >= 0.6 is 0 Å². The summed E-state index contributed by atoms with van der Waals surface area (Å²) in [6.45, 7) is 7.43. The second kappa shape index (κ2) is 5.41. The molecule has 1 aromatic carbocycles. The van der Waals surface area contributed by atoms with Crippen LogP contribution in [-0.2, 0) is 0 Å². The van der Waals surface area contributed by atoms with Crippen LogP contribution in [0, 0.1) is 19.8 Å². The highest BCUT2D eigenvalue weighted by Crippen LogP contribution is 2.37. The third-order valence-electron chi connectivity index (χ3n) is 4.42. The fourth-order valence-corrected chi connectivity index (χ4v) is 2.97. The van der Waals surface area contributed by atoms with Crippen LogP contribution in [0.5, 0.6) is 0 Å². The predicted octanol–water partition coefficient (Wildman–Crippen LogP) is 3.03. The Labute approximate surface area is 111 Å². The van der Waals surface area contributed by atoms with Crippen LogP contribution in [0.2, 0.25) is 0 Å². The van der Waals surface area contributed by atoms with Crippen molar-refractivity contribution >= 4 is 0 Å². The van der Waals surface area contributed by atoms with E-state index in [0.29, 0.717) is 12.1 Å². The van der Waals surface area contributed by atoms with Gasteiger partial charge in [0.05, 0.1) is 0 Å². The molecule has 2 N–H and O–H groups in total. The Bertz CT molecular complexity index is 410. The summed E-state index contributed by atoms with van der Waals surface area (Å²) in [6, 6.07) is 7.74. The molecule has 1 aromatic rings. The fourth-order valence-electron chi connectivity index (χ4n) is 2.97. The number of hydrogen-bond donors (Lipinski definition) is 1. The largest absolute Gasteiger partial charge is 0.329 e. The van der Waals surface area contributed by atoms with Gasteiger partial charge in [-0.3, -0.25) is 4.90 Å². The van der Waals surface area contributed by atoms with Crippen molar-refractivity contribution < 1.29 is 0 Å². The standard InChI is InChI=1S/C16H26N2/c1-11-5-8-15(12(2)9-11)13(3)18(4)16(10-17)14-6-7-14/h5,8-9,13-14,16H,6-7,10,17H2,1-4H3. The number of benzene rings is 1. The first-order valence-corrected chi connectivity index (χ1v) is 7.03. The third kappa shape index (κ3) is 2.76. The zero-order valence-corrected chi connectivity index (χ0v) is 12.1. The van der Waals surface area contributed by atoms with Crippen LogP contribution in [0.1, 0.15) is 42.5 Å². The predicted molar refractivity (Wildman–Crippen MR) is 77.7 cm³/mol. The number of hydrogen-bond acceptors (Lipinski definition) is 2. The van der Waals surface area contributed by atoms with Crippen molar-refractivity contribution in [1.29, 1.82) is 0 Å². The van der Waals surface area contributed by atoms with E-state index in [1.807, 2.05) is 0 Å². The van der Waals surface area contributed by atoms with Crippen molar-refractivity contribution in [3.63, 3.8) is 0 Å². The molecule has 0 aliphatic heterocycles. The third-order valence-corrected chi connectivity index (χ3v) is 4.42. The van der Waals surface area contributed by atoms with Crippen LogP contribution in [-0.4, -0.2) is 24.5 Å². The number of rotatable bonds is 5. The molecule has 0 aromatic heterocycles. The maximum Gasteiger partial charge on any atom is 0.0323 e. The topological polar surface area (TPSA) is 29.3 Å². The fraction of sp³-hybridized carbons (Fsp3) is 0.625. The molecule has 2 nitrogen and oxygen atoms in total. The Morgan fingerprint density at radius 3 is 2.50 bits per heavy atom. The lowest BCUT2D eigenvalue weighted by Gasteiger charge is -2.33. The van der Waals surface area contributed by atoms with E-state index < -0.39 is 0 Å². The summed E-state index contributed by atoms with van der Waals surface area (Å²) < 4.78 is 0. The molecular formula is C16H26N2. The van der Waals surface area contributed by atoms with Crippen molar-refractivity contribution in [2.24, 2.45) is 11.7 Å². The first-order valence-electron chi connectivity index (χ1n) is 7.03. The number of nitrogens with zero attached hydrogens (tertiary/aromatic N) is 1. The Balaban J connectivity index is 2.16. The maximum atomic E-state index is 5.95. The molecule has 1 saturated carbocycles. The minimum Gasteiger partial charge on any atom is -0.329 e. The smallest absolute Gasteiger partial charge is 0.0323 e. The van der Waals surface area contributed by atoms with E-state index in [1.54, 1.807) is 0 Å². The summed E-state index contributed by atoms with van der Waals surface area (Å²) >= 11 is 0. The molecule has 0 heterocycles. The van der Waals surface area contributed by atoms with Crippen LogP contribution in [0.4, 0.5) is 0 Å². The molecule has 100 valence electrons. The van der Waals surface area contributed by atoms with Crippen LogP contribution in [0.15, 0.2) is 18.2 Å². The molecule has 1 aliphatic carbocycles. The van der Waals surface area contributed by atoms with Crippen molar-refractivity contribution in [1.82, 2.24) is 4.90 Å². The van der Waals surface area contributed by atoms with Gasteiger partial charge in [-0.15, -0.1) is 0 Å². The molecule has 2 atom stereocenters. The van der Waals surface area contributed by atoms with E-state index in [2.05, 4.69) is 50.9 Å². The summed E-state index contributed by atoms with van der Waals surface area (Å²) in [6.07, 6.45) is 2.71. The monoisotopic (exact) mass is 246 g/mol. The van der Waals surface area contributed by atoms with E-state index in [9.17, 15) is 0 Å². The second-order valence-corrected chi connectivity index (χ2v) is 5.84. The van der Waals surface area contributed by atoms with Gasteiger partial charge < -0.3 is 5.73 Å². The normalized spacial score (nSPS) is 19.0. The lowest BCUT2D eigenvalue weighted by Crippen LogP contribution is -2.41. The minimum absolute atomic E-state index is 0.444. The van der Waals surface area contributed by atoms with Gasteiger partial charge in [0.15, 0.2) is 0 Å². The van der Waals surface area contributed by atoms with Crippen molar-refractivity contribution in [2.45, 2.75) is 45.7 Å². The van der Waals surface area contributed by atoms with Gasteiger partial charge in [-0.25, -0.2) is 0 Å². The summed E-state index contributed by atoms with van der Waals surface area (Å²) in [7, 11) is 2.22. The molecule has 1 fully saturated rings. The summed E-state index contributed by atoms with van der Waals surface area (Å²) in [5.74, 6) is 0.827. The minimum atomic E-state index is 0.444. The van der Waals surface area contributed by atoms with E-state index in [1.165, 1.54) is 29.5 Å². The van der Waals surface area contributed by atoms with Gasteiger partial charge in [0.1, 0.15) is 0 Å². The zero-order chi connectivity index (χ0) is 13.3. The molecule has 18 heavy (non-hydrogen) atoms. The Kier molecular flexibility index (Phi) is 4.08. The van der Waals surface area contributed by atoms with E-state index in [-0.39, 0.29) is 0 Å². The quantitative estimate of drug-likeness (QED) is 0.865. The maximum absolute atomic E-state index is 5.95. The Hall–Kier alpha value is -0.860. The molecule has 0 saturated heterocycles. The molecule has 0 spiro atoms. The average molecular weight is 246 g/mol. The molecule has 2 unspecified atom stereocenters. The van der Waals surface area contributed by atoms with Gasteiger partial charge in [0.2, 0.25) is 0 Å². The van der Waals surface area contributed by atoms with Gasteiger partial charge in [0, 0.05) is 18.6 Å². The highest BCUT2D eigenvalue weighted by molar-refractivity contribution is 5.32. The van der Waals surface area contributed by atoms with Gasteiger partial charge >= 0.3 is 0 Å². The lowest BCUT2D eigenvalue weighted by molar-refractivity contribution is 0.170. The number of likely N-dealkylation sites (N-methyl/N-ethyl adjacent to an activating group) is 1. The summed E-state index contributed by atoms with van der Waals surface area (Å²) in [5, 5.41) is 0. The number of nitrogens with two attached hydrogens (primary N) is 1. The average Bonchev–Trinajstić information content (AvgIpc) is 3.13. The molecule has 0 bridgehead atoms.